The average molecular weight is 349 g/mol. The van der Waals surface area contributed by atoms with E-state index in [0.717, 1.165) is 37.0 Å². The minimum atomic E-state index is -0.789. The summed E-state index contributed by atoms with van der Waals surface area (Å²) < 4.78 is 0. The molecule has 140 valence electrons. The summed E-state index contributed by atoms with van der Waals surface area (Å²) in [4.78, 5) is 38.9. The minimum Gasteiger partial charge on any atom is -0.352 e. The van der Waals surface area contributed by atoms with Crippen LogP contribution in [0, 0.1) is 17.8 Å². The molecule has 0 radical (unpaired) electrons. The van der Waals surface area contributed by atoms with Crippen LogP contribution in [-0.2, 0) is 9.59 Å². The van der Waals surface area contributed by atoms with Crippen molar-refractivity contribution in [3.8, 4) is 0 Å². The van der Waals surface area contributed by atoms with Gasteiger partial charge < -0.3 is 10.6 Å². The van der Waals surface area contributed by atoms with Crippen molar-refractivity contribution in [3.63, 3.8) is 0 Å². The molecule has 4 amide bonds. The normalized spacial score (nSPS) is 38.8. The summed E-state index contributed by atoms with van der Waals surface area (Å²) in [5.41, 5.74) is -0.789. The van der Waals surface area contributed by atoms with E-state index in [9.17, 15) is 14.4 Å². The van der Waals surface area contributed by atoms with Crippen molar-refractivity contribution in [2.45, 2.75) is 77.3 Å². The van der Waals surface area contributed by atoms with Crippen molar-refractivity contribution in [3.05, 3.63) is 0 Å². The molecular formula is C19H31N3O3. The zero-order chi connectivity index (χ0) is 18.2. The fourth-order valence-corrected chi connectivity index (χ4v) is 4.82. The highest BCUT2D eigenvalue weighted by Crippen LogP contribution is 2.38. The third-order valence-electron chi connectivity index (χ3n) is 6.86. The summed E-state index contributed by atoms with van der Waals surface area (Å²) in [5, 5.41) is 5.96. The van der Waals surface area contributed by atoms with E-state index >= 15 is 0 Å². The van der Waals surface area contributed by atoms with Crippen molar-refractivity contribution in [1.82, 2.24) is 15.5 Å². The van der Waals surface area contributed by atoms with Crippen LogP contribution in [0.15, 0.2) is 0 Å². The van der Waals surface area contributed by atoms with E-state index in [2.05, 4.69) is 24.5 Å². The van der Waals surface area contributed by atoms with Crippen molar-refractivity contribution in [2.24, 2.45) is 17.8 Å². The van der Waals surface area contributed by atoms with Gasteiger partial charge in [-0.3, -0.25) is 14.5 Å². The van der Waals surface area contributed by atoms with Gasteiger partial charge in [0.1, 0.15) is 12.1 Å². The van der Waals surface area contributed by atoms with Gasteiger partial charge in [-0.15, -0.1) is 0 Å². The highest BCUT2D eigenvalue weighted by Gasteiger charge is 2.55. The number of imide groups is 1. The SMILES string of the molecule is CC1CCCC(NC(=O)CN2C(=O)NC3(CCCCC3C)C2=O)C1C. The van der Waals surface area contributed by atoms with Gasteiger partial charge in [0.25, 0.3) is 5.91 Å². The van der Waals surface area contributed by atoms with Crippen LogP contribution in [0.5, 0.6) is 0 Å². The lowest BCUT2D eigenvalue weighted by Crippen LogP contribution is -2.54. The molecule has 2 saturated carbocycles. The van der Waals surface area contributed by atoms with Crippen LogP contribution in [0.3, 0.4) is 0 Å². The summed E-state index contributed by atoms with van der Waals surface area (Å²) in [7, 11) is 0. The Balaban J connectivity index is 1.63. The van der Waals surface area contributed by atoms with E-state index in [-0.39, 0.29) is 30.3 Å². The smallest absolute Gasteiger partial charge is 0.325 e. The standard InChI is InChI=1S/C19H31N3O3/c1-12-7-6-9-15(14(12)3)20-16(23)11-22-17(24)19(21-18(22)25)10-5-4-8-13(19)2/h12-15H,4-11H2,1-3H3,(H,20,23)(H,21,25). The molecule has 1 aliphatic heterocycles. The third kappa shape index (κ3) is 3.27. The summed E-state index contributed by atoms with van der Waals surface area (Å²) in [6.45, 7) is 6.23. The number of rotatable bonds is 3. The first kappa shape index (κ1) is 18.2. The molecule has 0 bridgehead atoms. The molecule has 3 fully saturated rings. The van der Waals surface area contributed by atoms with E-state index in [1.54, 1.807) is 0 Å². The van der Waals surface area contributed by atoms with Crippen LogP contribution >= 0.6 is 0 Å². The topological polar surface area (TPSA) is 78.5 Å². The highest BCUT2D eigenvalue weighted by atomic mass is 16.2. The quantitative estimate of drug-likeness (QED) is 0.768. The Morgan fingerprint density at radius 3 is 2.64 bits per heavy atom. The number of urea groups is 1. The number of amides is 4. The van der Waals surface area contributed by atoms with Gasteiger partial charge >= 0.3 is 6.03 Å². The van der Waals surface area contributed by atoms with Gasteiger partial charge in [0.05, 0.1) is 0 Å². The van der Waals surface area contributed by atoms with Crippen LogP contribution in [0.4, 0.5) is 4.79 Å². The lowest BCUT2D eigenvalue weighted by atomic mass is 9.73. The highest BCUT2D eigenvalue weighted by molar-refractivity contribution is 6.09. The second-order valence-corrected chi connectivity index (χ2v) is 8.38. The molecule has 3 aliphatic rings. The minimum absolute atomic E-state index is 0.116. The second kappa shape index (κ2) is 6.96. The summed E-state index contributed by atoms with van der Waals surface area (Å²) in [5.74, 6) is 0.678. The van der Waals surface area contributed by atoms with Crippen LogP contribution in [0.2, 0.25) is 0 Å². The summed E-state index contributed by atoms with van der Waals surface area (Å²) in [6, 6.07) is -0.279. The first-order chi connectivity index (χ1) is 11.8. The molecule has 0 aromatic carbocycles. The van der Waals surface area contributed by atoms with Crippen LogP contribution < -0.4 is 10.6 Å². The van der Waals surface area contributed by atoms with E-state index < -0.39 is 11.6 Å². The Labute approximate surface area is 150 Å². The van der Waals surface area contributed by atoms with Crippen LogP contribution in [0.1, 0.15) is 65.7 Å². The molecule has 5 atom stereocenters. The second-order valence-electron chi connectivity index (χ2n) is 8.38. The maximum atomic E-state index is 12.9. The lowest BCUT2D eigenvalue weighted by Gasteiger charge is -2.37. The van der Waals surface area contributed by atoms with Crippen LogP contribution in [-0.4, -0.2) is 40.9 Å². The average Bonchev–Trinajstić information content (AvgIpc) is 2.80. The first-order valence-corrected chi connectivity index (χ1v) is 9.78. The maximum Gasteiger partial charge on any atom is 0.325 e. The molecule has 6 heteroatoms. The largest absolute Gasteiger partial charge is 0.352 e. The van der Waals surface area contributed by atoms with E-state index in [1.807, 2.05) is 6.92 Å². The Kier molecular flexibility index (Phi) is 5.07. The van der Waals surface area contributed by atoms with Crippen molar-refractivity contribution in [2.75, 3.05) is 6.54 Å². The van der Waals surface area contributed by atoms with E-state index in [4.69, 9.17) is 0 Å². The molecule has 2 N–H and O–H groups in total. The fraction of sp³-hybridized carbons (Fsp3) is 0.842. The molecule has 1 spiro atoms. The van der Waals surface area contributed by atoms with Gasteiger partial charge in [-0.25, -0.2) is 4.79 Å². The number of nitrogens with zero attached hydrogens (tertiary/aromatic N) is 1. The van der Waals surface area contributed by atoms with Gasteiger partial charge in [-0.2, -0.15) is 0 Å². The molecule has 3 rings (SSSR count). The van der Waals surface area contributed by atoms with Crippen LogP contribution in [0.25, 0.3) is 0 Å². The van der Waals surface area contributed by atoms with E-state index in [1.165, 1.54) is 6.42 Å². The summed E-state index contributed by atoms with van der Waals surface area (Å²) >= 11 is 0. The monoisotopic (exact) mass is 349 g/mol. The predicted molar refractivity (Wildman–Crippen MR) is 94.7 cm³/mol. The van der Waals surface area contributed by atoms with Crippen molar-refractivity contribution in [1.29, 1.82) is 0 Å². The summed E-state index contributed by atoms with van der Waals surface area (Å²) in [6.07, 6.45) is 6.91. The molecule has 0 aromatic rings. The first-order valence-electron chi connectivity index (χ1n) is 9.78. The maximum absolute atomic E-state index is 12.9. The molecule has 2 aliphatic carbocycles. The molecule has 25 heavy (non-hydrogen) atoms. The molecular weight excluding hydrogens is 318 g/mol. The number of hydrogen-bond donors (Lipinski definition) is 2. The molecule has 1 heterocycles. The predicted octanol–water partition coefficient (Wildman–Crippen LogP) is 2.43. The van der Waals surface area contributed by atoms with Gasteiger partial charge in [0.2, 0.25) is 5.91 Å². The number of carbonyl (C=O) groups is 3. The Morgan fingerprint density at radius 2 is 1.92 bits per heavy atom. The fourth-order valence-electron chi connectivity index (χ4n) is 4.82. The van der Waals surface area contributed by atoms with Gasteiger partial charge in [0.15, 0.2) is 0 Å². The Bertz CT molecular complexity index is 564. The Morgan fingerprint density at radius 1 is 1.16 bits per heavy atom. The molecule has 6 nitrogen and oxygen atoms in total. The van der Waals surface area contributed by atoms with E-state index in [0.29, 0.717) is 18.3 Å². The zero-order valence-electron chi connectivity index (χ0n) is 15.6. The molecule has 1 saturated heterocycles. The van der Waals surface area contributed by atoms with Gasteiger partial charge in [-0.05, 0) is 37.0 Å². The van der Waals surface area contributed by atoms with Crippen molar-refractivity contribution < 1.29 is 14.4 Å². The number of hydrogen-bond acceptors (Lipinski definition) is 3. The van der Waals surface area contributed by atoms with Crippen molar-refractivity contribution >= 4 is 17.8 Å². The zero-order valence-corrected chi connectivity index (χ0v) is 15.6. The van der Waals surface area contributed by atoms with Gasteiger partial charge in [-0.1, -0.05) is 46.5 Å². The Hall–Kier alpha value is -1.59. The lowest BCUT2D eigenvalue weighted by molar-refractivity contribution is -0.137. The molecule has 5 unspecified atom stereocenters. The number of nitrogens with one attached hydrogen (secondary N) is 2. The molecule has 0 aromatic heterocycles. The number of carbonyl (C=O) groups excluding carboxylic acids is 3. The van der Waals surface area contributed by atoms with Gasteiger partial charge in [0, 0.05) is 6.04 Å². The third-order valence-corrected chi connectivity index (χ3v) is 6.86.